The fourth-order valence-electron chi connectivity index (χ4n) is 3.50. The number of carbonyl (C=O) groups excluding carboxylic acids is 2. The molecule has 2 atom stereocenters. The van der Waals surface area contributed by atoms with Crippen LogP contribution in [0.5, 0.6) is 0 Å². The zero-order valence-electron chi connectivity index (χ0n) is 14.0. The van der Waals surface area contributed by atoms with E-state index in [1.165, 1.54) is 4.90 Å². The zero-order valence-corrected chi connectivity index (χ0v) is 14.0. The van der Waals surface area contributed by atoms with Crippen LogP contribution in [0, 0.1) is 5.92 Å². The van der Waals surface area contributed by atoms with Crippen LogP contribution in [0.25, 0.3) is 0 Å². The lowest BCUT2D eigenvalue weighted by Gasteiger charge is -2.33. The van der Waals surface area contributed by atoms with E-state index < -0.39 is 23.3 Å². The molecule has 5 heteroatoms. The van der Waals surface area contributed by atoms with Crippen LogP contribution in [0.15, 0.2) is 60.7 Å². The smallest absolute Gasteiger partial charge is 0.269 e. The van der Waals surface area contributed by atoms with E-state index in [4.69, 9.17) is 5.73 Å². The van der Waals surface area contributed by atoms with Gasteiger partial charge in [-0.05, 0) is 37.0 Å². The number of nitrogens with two attached hydrogens (primary N) is 1. The molecule has 5 nitrogen and oxygen atoms in total. The molecule has 1 fully saturated rings. The Kier molecular flexibility index (Phi) is 4.86. The molecule has 2 aromatic carbocycles. The number of primary amides is 1. The van der Waals surface area contributed by atoms with Crippen molar-refractivity contribution < 1.29 is 14.7 Å². The summed E-state index contributed by atoms with van der Waals surface area (Å²) in [6, 6.07) is 18.6. The summed E-state index contributed by atoms with van der Waals surface area (Å²) in [4.78, 5) is 26.7. The van der Waals surface area contributed by atoms with Crippen molar-refractivity contribution in [3.63, 3.8) is 0 Å². The maximum absolute atomic E-state index is 13.1. The first-order chi connectivity index (χ1) is 12.0. The second-order valence-corrected chi connectivity index (χ2v) is 6.45. The fourth-order valence-corrected chi connectivity index (χ4v) is 3.50. The molecule has 0 aromatic heterocycles. The zero-order chi connectivity index (χ0) is 17.9. The Balaban J connectivity index is 1.96. The summed E-state index contributed by atoms with van der Waals surface area (Å²) in [7, 11) is 0. The molecule has 1 heterocycles. The molecule has 1 aliphatic rings. The predicted octanol–water partition coefficient (Wildman–Crippen LogP) is 1.89. The van der Waals surface area contributed by atoms with Crippen molar-refractivity contribution in [2.24, 2.45) is 11.7 Å². The molecule has 0 radical (unpaired) electrons. The molecule has 2 amide bonds. The van der Waals surface area contributed by atoms with Crippen molar-refractivity contribution in [1.82, 2.24) is 0 Å². The number of aliphatic hydroxyl groups is 1. The summed E-state index contributed by atoms with van der Waals surface area (Å²) in [6.07, 6.45) is 1.66. The van der Waals surface area contributed by atoms with Crippen LogP contribution in [-0.2, 0) is 16.0 Å². The molecular weight excluding hydrogens is 316 g/mol. The maximum Gasteiger partial charge on any atom is 0.269 e. The van der Waals surface area contributed by atoms with Gasteiger partial charge in [-0.2, -0.15) is 0 Å². The number of carbonyl (C=O) groups is 2. The van der Waals surface area contributed by atoms with E-state index in [0.29, 0.717) is 31.5 Å². The molecule has 25 heavy (non-hydrogen) atoms. The molecule has 0 spiro atoms. The average molecular weight is 338 g/mol. The lowest BCUT2D eigenvalue weighted by atomic mass is 9.79. The van der Waals surface area contributed by atoms with Gasteiger partial charge in [-0.3, -0.25) is 9.59 Å². The lowest BCUT2D eigenvalue weighted by molar-refractivity contribution is -0.155. The summed E-state index contributed by atoms with van der Waals surface area (Å²) in [5.41, 5.74) is 4.93. The number of benzene rings is 2. The van der Waals surface area contributed by atoms with E-state index in [9.17, 15) is 14.7 Å². The first-order valence-electron chi connectivity index (χ1n) is 8.46. The normalized spacial score (nSPS) is 24.0. The van der Waals surface area contributed by atoms with Crippen molar-refractivity contribution in [3.8, 4) is 0 Å². The Labute approximate surface area is 147 Å². The van der Waals surface area contributed by atoms with Gasteiger partial charge in [0.05, 0.1) is 0 Å². The molecule has 130 valence electrons. The third kappa shape index (κ3) is 3.28. The fraction of sp³-hybridized carbons (Fsp3) is 0.300. The van der Waals surface area contributed by atoms with Crippen LogP contribution in [0.3, 0.4) is 0 Å². The Morgan fingerprint density at radius 3 is 2.32 bits per heavy atom. The quantitative estimate of drug-likeness (QED) is 0.835. The van der Waals surface area contributed by atoms with E-state index >= 15 is 0 Å². The van der Waals surface area contributed by atoms with E-state index in [1.54, 1.807) is 12.1 Å². The molecule has 0 aliphatic carbocycles. The second-order valence-electron chi connectivity index (χ2n) is 6.45. The molecular formula is C20H22N2O3. The van der Waals surface area contributed by atoms with Crippen LogP contribution >= 0.6 is 0 Å². The van der Waals surface area contributed by atoms with Gasteiger partial charge in [0.25, 0.3) is 11.8 Å². The van der Waals surface area contributed by atoms with Crippen LogP contribution in [0.2, 0.25) is 0 Å². The molecule has 1 aliphatic heterocycles. The third-order valence-corrected chi connectivity index (χ3v) is 4.86. The van der Waals surface area contributed by atoms with Gasteiger partial charge in [0.1, 0.15) is 0 Å². The van der Waals surface area contributed by atoms with E-state index in [-0.39, 0.29) is 0 Å². The van der Waals surface area contributed by atoms with Gasteiger partial charge in [0.15, 0.2) is 0 Å². The number of para-hydroxylation sites is 1. The minimum atomic E-state index is -2.21. The van der Waals surface area contributed by atoms with Gasteiger partial charge in [-0.15, -0.1) is 0 Å². The Morgan fingerprint density at radius 1 is 1.12 bits per heavy atom. The molecule has 1 saturated heterocycles. The highest BCUT2D eigenvalue weighted by atomic mass is 16.3. The van der Waals surface area contributed by atoms with Crippen LogP contribution in [-0.4, -0.2) is 29.1 Å². The molecule has 1 unspecified atom stereocenters. The monoisotopic (exact) mass is 338 g/mol. The van der Waals surface area contributed by atoms with Gasteiger partial charge in [-0.25, -0.2) is 0 Å². The summed E-state index contributed by atoms with van der Waals surface area (Å²) >= 11 is 0. The topological polar surface area (TPSA) is 83.6 Å². The highest BCUT2D eigenvalue weighted by Crippen LogP contribution is 2.33. The summed E-state index contributed by atoms with van der Waals surface area (Å²) in [5.74, 6) is -2.17. The molecule has 3 N–H and O–H groups in total. The van der Waals surface area contributed by atoms with Crippen molar-refractivity contribution in [1.29, 1.82) is 0 Å². The maximum atomic E-state index is 13.1. The summed E-state index contributed by atoms with van der Waals surface area (Å²) in [6.45, 7) is 0.448. The largest absolute Gasteiger partial charge is 0.371 e. The number of nitrogens with zero attached hydrogens (tertiary/aromatic N) is 1. The van der Waals surface area contributed by atoms with Crippen molar-refractivity contribution in [2.75, 3.05) is 11.4 Å². The van der Waals surface area contributed by atoms with Crippen LogP contribution < -0.4 is 10.6 Å². The third-order valence-electron chi connectivity index (χ3n) is 4.86. The van der Waals surface area contributed by atoms with E-state index in [1.807, 2.05) is 48.5 Å². The second kappa shape index (κ2) is 7.07. The van der Waals surface area contributed by atoms with Crippen LogP contribution in [0.1, 0.15) is 18.4 Å². The van der Waals surface area contributed by atoms with E-state index in [0.717, 1.165) is 5.56 Å². The highest BCUT2D eigenvalue weighted by Gasteiger charge is 2.52. The minimum Gasteiger partial charge on any atom is -0.371 e. The average Bonchev–Trinajstić information content (AvgIpc) is 2.76. The Hall–Kier alpha value is -2.66. The van der Waals surface area contributed by atoms with Gasteiger partial charge in [0.2, 0.25) is 5.60 Å². The number of anilines is 1. The number of hydrogen-bond donors (Lipinski definition) is 2. The van der Waals surface area contributed by atoms with Gasteiger partial charge >= 0.3 is 0 Å². The molecule has 3 rings (SSSR count). The number of amides is 2. The van der Waals surface area contributed by atoms with Gasteiger partial charge in [-0.1, -0.05) is 48.5 Å². The summed E-state index contributed by atoms with van der Waals surface area (Å²) < 4.78 is 0. The predicted molar refractivity (Wildman–Crippen MR) is 95.8 cm³/mol. The first-order valence-corrected chi connectivity index (χ1v) is 8.46. The molecule has 0 saturated carbocycles. The SMILES string of the molecule is NC(=O)[C@@]1(O)C(=O)N(c2ccccc2)CCCC1Cc1ccccc1. The highest BCUT2D eigenvalue weighted by molar-refractivity contribution is 6.14. The van der Waals surface area contributed by atoms with E-state index in [2.05, 4.69) is 0 Å². The summed E-state index contributed by atoms with van der Waals surface area (Å²) in [5, 5.41) is 11.1. The Morgan fingerprint density at radius 2 is 1.72 bits per heavy atom. The van der Waals surface area contributed by atoms with Gasteiger partial charge in [0, 0.05) is 18.2 Å². The van der Waals surface area contributed by atoms with Crippen molar-refractivity contribution in [2.45, 2.75) is 24.9 Å². The standard InChI is InChI=1S/C20H22N2O3/c21-18(23)20(25)16(14-15-8-3-1-4-9-15)10-7-13-22(19(20)24)17-11-5-2-6-12-17/h1-6,8-9,11-12,16,25H,7,10,13-14H2,(H2,21,23)/t16?,20-/m1/s1. The minimum absolute atomic E-state index is 0.425. The van der Waals surface area contributed by atoms with Crippen molar-refractivity contribution in [3.05, 3.63) is 66.2 Å². The van der Waals surface area contributed by atoms with Crippen molar-refractivity contribution >= 4 is 17.5 Å². The Bertz CT molecular complexity index is 748. The number of hydrogen-bond acceptors (Lipinski definition) is 3. The first kappa shape index (κ1) is 17.2. The lowest BCUT2D eigenvalue weighted by Crippen LogP contribution is -2.60. The van der Waals surface area contributed by atoms with Gasteiger partial charge < -0.3 is 15.7 Å². The molecule has 2 aromatic rings. The van der Waals surface area contributed by atoms with Crippen LogP contribution in [0.4, 0.5) is 5.69 Å². The molecule has 0 bridgehead atoms. The number of rotatable bonds is 4.